The molecule has 9 rings (SSSR count). The van der Waals surface area contributed by atoms with Gasteiger partial charge in [0.05, 0.1) is 61.0 Å². The Balaban J connectivity index is 1.02. The van der Waals surface area contributed by atoms with Crippen LogP contribution in [0.15, 0.2) is 48.5 Å². The van der Waals surface area contributed by atoms with Crippen molar-refractivity contribution in [3.05, 3.63) is 82.9 Å². The van der Waals surface area contributed by atoms with E-state index >= 15 is 8.78 Å². The number of halogens is 2. The second-order valence-corrected chi connectivity index (χ2v) is 20.0. The van der Waals surface area contributed by atoms with Gasteiger partial charge in [0, 0.05) is 31.9 Å². The van der Waals surface area contributed by atoms with Crippen LogP contribution in [0.3, 0.4) is 0 Å². The first kappa shape index (κ1) is 48.6. The van der Waals surface area contributed by atoms with Crippen molar-refractivity contribution < 1.29 is 37.4 Å². The van der Waals surface area contributed by atoms with Crippen LogP contribution < -0.4 is 20.4 Å². The van der Waals surface area contributed by atoms with Crippen molar-refractivity contribution in [2.45, 2.75) is 122 Å². The van der Waals surface area contributed by atoms with Crippen LogP contribution in [0.4, 0.5) is 29.7 Å². The first-order valence-corrected chi connectivity index (χ1v) is 25.0. The summed E-state index contributed by atoms with van der Waals surface area (Å²) in [6, 6.07) is 13.4. The zero-order chi connectivity index (χ0) is 49.3. The summed E-state index contributed by atoms with van der Waals surface area (Å²) in [5, 5.41) is 5.17. The summed E-state index contributed by atoms with van der Waals surface area (Å²) in [4.78, 5) is 75.1. The van der Waals surface area contributed by atoms with Crippen LogP contribution >= 0.6 is 0 Å². The Hall–Kier alpha value is -6.46. The predicted molar refractivity (Wildman–Crippen MR) is 262 cm³/mol. The normalized spacial score (nSPS) is 20.5. The molecule has 4 aliphatic rings. The summed E-state index contributed by atoms with van der Waals surface area (Å²) in [5.41, 5.74) is 5.66. The van der Waals surface area contributed by atoms with Crippen LogP contribution in [0.2, 0.25) is 0 Å². The third kappa shape index (κ3) is 9.82. The lowest BCUT2D eigenvalue weighted by Gasteiger charge is -2.41. The fourth-order valence-corrected chi connectivity index (χ4v) is 11.7. The number of carbonyl (C=O) groups is 4. The maximum Gasteiger partial charge on any atom is 0.407 e. The van der Waals surface area contributed by atoms with E-state index in [0.29, 0.717) is 80.1 Å². The van der Waals surface area contributed by atoms with Gasteiger partial charge >= 0.3 is 12.2 Å². The van der Waals surface area contributed by atoms with Crippen LogP contribution in [0, 0.1) is 23.0 Å². The zero-order valence-corrected chi connectivity index (χ0v) is 40.9. The Bertz CT molecular complexity index is 2700. The lowest BCUT2D eigenvalue weighted by molar-refractivity contribution is -0.135. The molecule has 2 aromatic heterocycles. The number of imidazole rings is 2. The van der Waals surface area contributed by atoms with Gasteiger partial charge in [0.15, 0.2) is 11.6 Å². The monoisotopic (exact) mass is 965 g/mol. The van der Waals surface area contributed by atoms with Crippen LogP contribution in [0.25, 0.3) is 22.1 Å². The molecule has 16 nitrogen and oxygen atoms in total. The Morgan fingerprint density at radius 2 is 1.43 bits per heavy atom. The van der Waals surface area contributed by atoms with Crippen molar-refractivity contribution in [3.8, 4) is 0 Å². The molecule has 1 unspecified atom stereocenters. The summed E-state index contributed by atoms with van der Waals surface area (Å²) < 4.78 is 42.8. The third-order valence-electron chi connectivity index (χ3n) is 15.3. The molecular weight excluding hydrogens is 899 g/mol. The van der Waals surface area contributed by atoms with E-state index in [4.69, 9.17) is 14.7 Å². The molecule has 3 saturated heterocycles. The molecule has 374 valence electrons. The number of H-pyrrole nitrogens is 2. The van der Waals surface area contributed by atoms with Gasteiger partial charge in [0.2, 0.25) is 11.8 Å². The Kier molecular flexibility index (Phi) is 14.2. The Morgan fingerprint density at radius 3 is 2.04 bits per heavy atom. The highest BCUT2D eigenvalue weighted by molar-refractivity contribution is 5.87. The van der Waals surface area contributed by atoms with Crippen molar-refractivity contribution in [1.29, 1.82) is 0 Å². The minimum atomic E-state index is -0.760. The number of rotatable bonds is 14. The lowest BCUT2D eigenvalue weighted by Crippen LogP contribution is -2.51. The number of likely N-dealkylation sites (tertiary alicyclic amines) is 1. The van der Waals surface area contributed by atoms with E-state index in [2.05, 4.69) is 36.3 Å². The molecule has 3 aliphatic heterocycles. The summed E-state index contributed by atoms with van der Waals surface area (Å²) in [6.07, 6.45) is 8.95. The molecular formula is C52H66F2N10O6. The zero-order valence-electron chi connectivity index (χ0n) is 40.9. The van der Waals surface area contributed by atoms with Crippen LogP contribution in [-0.2, 0) is 25.6 Å². The molecule has 5 aromatic rings. The van der Waals surface area contributed by atoms with E-state index in [0.717, 1.165) is 46.9 Å². The third-order valence-corrected chi connectivity index (χ3v) is 15.3. The molecule has 70 heavy (non-hydrogen) atoms. The number of alkyl carbamates (subject to hydrolysis) is 2. The van der Waals surface area contributed by atoms with Gasteiger partial charge in [-0.25, -0.2) is 28.3 Å². The Morgan fingerprint density at radius 1 is 0.800 bits per heavy atom. The number of nitrogens with one attached hydrogen (secondary N) is 4. The Labute approximate surface area is 407 Å². The molecule has 4 amide bonds. The van der Waals surface area contributed by atoms with Crippen LogP contribution in [0.5, 0.6) is 0 Å². The number of hydrogen-bond acceptors (Lipinski definition) is 10. The number of aromatic amines is 2. The highest BCUT2D eigenvalue weighted by atomic mass is 19.1. The first-order valence-electron chi connectivity index (χ1n) is 25.0. The second-order valence-electron chi connectivity index (χ2n) is 20.0. The highest BCUT2D eigenvalue weighted by Gasteiger charge is 2.41. The predicted octanol–water partition coefficient (Wildman–Crippen LogP) is 9.10. The SMILES string of the molecule is CCCN(Cc1nc2ccc([C@H]3CC[C@H](c4ccc5nc([C@@H]6CCCN6C(=O)C(NC(=O)OC)C(C)C)[nH]c5c4)N3c3cc(F)c(N4CCC5(CCCC5)CC4)c(F)c3)cc2[nH]1)C(=O)CNC(=O)OC. The van der Waals surface area contributed by atoms with E-state index in [9.17, 15) is 19.2 Å². The number of ether oxygens (including phenoxy) is 2. The molecule has 4 atom stereocenters. The topological polar surface area (TPSA) is 181 Å². The van der Waals surface area contributed by atoms with Crippen molar-refractivity contribution in [1.82, 2.24) is 40.4 Å². The molecule has 1 saturated carbocycles. The smallest absolute Gasteiger partial charge is 0.407 e. The molecule has 5 heterocycles. The fraction of sp³-hybridized carbons (Fsp3) is 0.538. The van der Waals surface area contributed by atoms with Crippen molar-refractivity contribution in [3.63, 3.8) is 0 Å². The lowest BCUT2D eigenvalue weighted by atomic mass is 9.77. The number of carbonyl (C=O) groups excluding carboxylic acids is 4. The standard InChI is InChI=1S/C52H66F2N10O6/c1-6-21-62(45(65)29-55-50(67)69-4)30-44-56-37-13-11-32(25-39(37)57-44)41-15-16-42(64(41)34-27-35(53)47(36(54)28-34)61-23-19-52(20-24-61)17-7-8-18-52)33-12-14-38-40(26-33)59-48(58-38)43-10-9-22-63(43)49(66)46(31(2)3)60-51(68)70-5/h11-14,25-28,31,41-43,46H,6-10,15-24,29-30H2,1-5H3,(H,55,67)(H,56,57)(H,58,59)(H,60,68)/t41-,42-,43+,46?/m1/s1. The van der Waals surface area contributed by atoms with Gasteiger partial charge in [-0.15, -0.1) is 0 Å². The number of piperidine rings is 1. The number of anilines is 2. The van der Waals surface area contributed by atoms with Crippen molar-refractivity contribution in [2.24, 2.45) is 11.3 Å². The van der Waals surface area contributed by atoms with Gasteiger partial charge in [0.25, 0.3) is 0 Å². The van der Waals surface area contributed by atoms with E-state index in [-0.39, 0.29) is 54.6 Å². The van der Waals surface area contributed by atoms with Crippen LogP contribution in [-0.4, -0.2) is 107 Å². The fourth-order valence-electron chi connectivity index (χ4n) is 11.7. The summed E-state index contributed by atoms with van der Waals surface area (Å²) in [7, 11) is 2.52. The van der Waals surface area contributed by atoms with E-state index in [1.807, 2.05) is 56.0 Å². The quantitative estimate of drug-likeness (QED) is 0.0838. The van der Waals surface area contributed by atoms with Gasteiger partial charge in [-0.3, -0.25) is 9.59 Å². The van der Waals surface area contributed by atoms with Crippen molar-refractivity contribution >= 4 is 57.4 Å². The van der Waals surface area contributed by atoms with Gasteiger partial charge in [-0.2, -0.15) is 0 Å². The van der Waals surface area contributed by atoms with Crippen LogP contribution in [0.1, 0.15) is 132 Å². The molecule has 4 fully saturated rings. The maximum absolute atomic E-state index is 16.7. The molecule has 0 radical (unpaired) electrons. The van der Waals surface area contributed by atoms with Crippen molar-refractivity contribution in [2.75, 3.05) is 56.7 Å². The minimum Gasteiger partial charge on any atom is -0.453 e. The maximum atomic E-state index is 16.7. The minimum absolute atomic E-state index is 0.0404. The second kappa shape index (κ2) is 20.5. The number of benzene rings is 3. The molecule has 1 spiro atoms. The number of amides is 4. The molecule has 4 N–H and O–H groups in total. The van der Waals surface area contributed by atoms with Gasteiger partial charge < -0.3 is 49.7 Å². The van der Waals surface area contributed by atoms with Gasteiger partial charge in [0.1, 0.15) is 29.9 Å². The number of fused-ring (bicyclic) bond motifs is 2. The van der Waals surface area contributed by atoms with E-state index < -0.39 is 29.9 Å². The molecule has 3 aromatic carbocycles. The molecule has 1 aliphatic carbocycles. The number of aromatic nitrogens is 4. The summed E-state index contributed by atoms with van der Waals surface area (Å²) in [6.45, 7) is 7.99. The first-order chi connectivity index (χ1) is 33.8. The van der Waals surface area contributed by atoms with E-state index in [1.54, 1.807) is 9.80 Å². The average molecular weight is 965 g/mol. The summed E-state index contributed by atoms with van der Waals surface area (Å²) >= 11 is 0. The summed E-state index contributed by atoms with van der Waals surface area (Å²) in [5.74, 6) is -0.540. The van der Waals surface area contributed by atoms with Gasteiger partial charge in [-0.1, -0.05) is 45.7 Å². The van der Waals surface area contributed by atoms with Gasteiger partial charge in [-0.05, 0) is 117 Å². The largest absolute Gasteiger partial charge is 0.453 e. The number of methoxy groups -OCH3 is 2. The molecule has 0 bridgehead atoms. The number of hydrogen-bond donors (Lipinski definition) is 4. The average Bonchev–Trinajstić information content (AvgIpc) is 4.22. The molecule has 18 heteroatoms. The highest BCUT2D eigenvalue weighted by Crippen LogP contribution is 2.50. The van der Waals surface area contributed by atoms with E-state index in [1.165, 1.54) is 52.0 Å². The number of nitrogens with zero attached hydrogens (tertiary/aromatic N) is 6.